The topological polar surface area (TPSA) is 112 Å². The third-order valence-corrected chi connectivity index (χ3v) is 6.00. The van der Waals surface area contributed by atoms with E-state index in [-0.39, 0.29) is 6.03 Å². The van der Waals surface area contributed by atoms with Gasteiger partial charge in [0, 0.05) is 54.2 Å². The van der Waals surface area contributed by atoms with Gasteiger partial charge in [-0.1, -0.05) is 23.7 Å². The van der Waals surface area contributed by atoms with Crippen molar-refractivity contribution in [2.75, 3.05) is 23.7 Å². The number of imidazole rings is 1. The minimum absolute atomic E-state index is 0.114. The molecule has 10 heteroatoms. The molecule has 0 atom stereocenters. The zero-order valence-electron chi connectivity index (χ0n) is 18.0. The van der Waals surface area contributed by atoms with Crippen molar-refractivity contribution in [2.45, 2.75) is 12.8 Å². The van der Waals surface area contributed by atoms with Crippen molar-refractivity contribution in [3.05, 3.63) is 66.1 Å². The fourth-order valence-corrected chi connectivity index (χ4v) is 4.17. The first-order chi connectivity index (χ1) is 16.5. The number of benzene rings is 2. The molecule has 1 aliphatic heterocycles. The first-order valence-corrected chi connectivity index (χ1v) is 11.1. The van der Waals surface area contributed by atoms with Gasteiger partial charge in [0.1, 0.15) is 0 Å². The summed E-state index contributed by atoms with van der Waals surface area (Å²) in [4.78, 5) is 34.1. The van der Waals surface area contributed by atoms with Gasteiger partial charge in [0.25, 0.3) is 0 Å². The molecule has 172 valence electrons. The highest BCUT2D eigenvalue weighted by Gasteiger charge is 2.18. The Bertz CT molecular complexity index is 1380. The Morgan fingerprint density at radius 2 is 1.68 bits per heavy atom. The third kappa shape index (κ3) is 4.51. The highest BCUT2D eigenvalue weighted by molar-refractivity contribution is 6.33. The van der Waals surface area contributed by atoms with Gasteiger partial charge in [-0.15, -0.1) is 0 Å². The Labute approximate surface area is 200 Å². The van der Waals surface area contributed by atoms with E-state index in [4.69, 9.17) is 16.7 Å². The number of amides is 3. The van der Waals surface area contributed by atoms with Crippen LogP contribution in [0.25, 0.3) is 28.2 Å². The molecule has 4 aromatic rings. The number of likely N-dealkylation sites (tertiary alicyclic amines) is 1. The van der Waals surface area contributed by atoms with Crippen LogP contribution in [0.5, 0.6) is 0 Å². The quantitative estimate of drug-likeness (QED) is 0.363. The van der Waals surface area contributed by atoms with Gasteiger partial charge < -0.3 is 15.3 Å². The number of hydrogen-bond donors (Lipinski definition) is 3. The average Bonchev–Trinajstić information content (AvgIpc) is 3.50. The van der Waals surface area contributed by atoms with Gasteiger partial charge in [-0.3, -0.25) is 9.72 Å². The first-order valence-electron chi connectivity index (χ1n) is 10.8. The second kappa shape index (κ2) is 9.03. The summed E-state index contributed by atoms with van der Waals surface area (Å²) in [6.45, 7) is 1.54. The van der Waals surface area contributed by atoms with Gasteiger partial charge in [0.15, 0.2) is 0 Å². The molecule has 2 aromatic carbocycles. The first kappa shape index (κ1) is 21.7. The van der Waals surface area contributed by atoms with Gasteiger partial charge in [-0.05, 0) is 48.7 Å². The number of carboxylic acid groups (broad SMARTS) is 1. The Balaban J connectivity index is 1.41. The standard InChI is InChI=1S/C24H21ClN6O3/c25-20-8-7-18(27-23(32)30-9-1-2-10-30)11-19(20)21-14-31-13-16(12-26-22(31)29-21)15-3-5-17(6-4-15)28-24(33)34/h3-8,11-14,28H,1-2,9-10H2,(H,27,32)(H,33,34). The molecular weight excluding hydrogens is 456 g/mol. The molecule has 2 aromatic heterocycles. The fourth-order valence-electron chi connectivity index (χ4n) is 3.96. The minimum atomic E-state index is -1.11. The largest absolute Gasteiger partial charge is 0.465 e. The second-order valence-electron chi connectivity index (χ2n) is 8.00. The summed E-state index contributed by atoms with van der Waals surface area (Å²) in [5.74, 6) is 0.505. The van der Waals surface area contributed by atoms with Crippen molar-refractivity contribution in [1.82, 2.24) is 19.3 Å². The van der Waals surface area contributed by atoms with E-state index >= 15 is 0 Å². The Morgan fingerprint density at radius 1 is 0.941 bits per heavy atom. The lowest BCUT2D eigenvalue weighted by atomic mass is 10.1. The summed E-state index contributed by atoms with van der Waals surface area (Å²) in [5, 5.41) is 14.6. The van der Waals surface area contributed by atoms with Crippen LogP contribution in [0.2, 0.25) is 5.02 Å². The van der Waals surface area contributed by atoms with Crippen molar-refractivity contribution in [2.24, 2.45) is 0 Å². The van der Waals surface area contributed by atoms with Crippen LogP contribution in [-0.4, -0.2) is 49.6 Å². The lowest BCUT2D eigenvalue weighted by molar-refractivity contribution is 0.209. The molecule has 1 saturated heterocycles. The van der Waals surface area contributed by atoms with Gasteiger partial charge in [-0.25, -0.2) is 19.6 Å². The zero-order chi connectivity index (χ0) is 23.7. The monoisotopic (exact) mass is 476 g/mol. The third-order valence-electron chi connectivity index (χ3n) is 5.67. The number of hydrogen-bond acceptors (Lipinski definition) is 4. The van der Waals surface area contributed by atoms with Crippen LogP contribution >= 0.6 is 11.6 Å². The number of nitrogens with one attached hydrogen (secondary N) is 2. The molecule has 9 nitrogen and oxygen atoms in total. The Morgan fingerprint density at radius 3 is 2.41 bits per heavy atom. The molecule has 3 amide bonds. The number of rotatable bonds is 4. The fraction of sp³-hybridized carbons (Fsp3) is 0.167. The van der Waals surface area contributed by atoms with E-state index < -0.39 is 6.09 Å². The van der Waals surface area contributed by atoms with E-state index in [2.05, 4.69) is 20.6 Å². The summed E-state index contributed by atoms with van der Waals surface area (Å²) in [5.41, 5.74) is 4.19. The molecule has 1 aliphatic rings. The summed E-state index contributed by atoms with van der Waals surface area (Å²) in [6, 6.07) is 12.2. The number of halogens is 1. The van der Waals surface area contributed by atoms with Crippen LogP contribution in [0.1, 0.15) is 12.8 Å². The summed E-state index contributed by atoms with van der Waals surface area (Å²) in [6.07, 6.45) is 6.38. The molecule has 34 heavy (non-hydrogen) atoms. The predicted molar refractivity (Wildman–Crippen MR) is 130 cm³/mol. The van der Waals surface area contributed by atoms with Gasteiger partial charge in [-0.2, -0.15) is 0 Å². The van der Waals surface area contributed by atoms with Crippen LogP contribution in [0.4, 0.5) is 21.0 Å². The van der Waals surface area contributed by atoms with E-state index in [0.29, 0.717) is 33.4 Å². The van der Waals surface area contributed by atoms with Crippen molar-refractivity contribution in [3.8, 4) is 22.4 Å². The molecule has 3 heterocycles. The van der Waals surface area contributed by atoms with Crippen molar-refractivity contribution in [3.63, 3.8) is 0 Å². The average molecular weight is 477 g/mol. The van der Waals surface area contributed by atoms with Crippen LogP contribution in [-0.2, 0) is 0 Å². The highest BCUT2D eigenvalue weighted by Crippen LogP contribution is 2.31. The number of urea groups is 1. The van der Waals surface area contributed by atoms with Gasteiger partial charge >= 0.3 is 12.1 Å². The number of anilines is 2. The SMILES string of the molecule is O=C(O)Nc1ccc(-c2cnc3nc(-c4cc(NC(=O)N5CCCC5)ccc4Cl)cn3c2)cc1. The zero-order valence-corrected chi connectivity index (χ0v) is 18.8. The second-order valence-corrected chi connectivity index (χ2v) is 8.41. The van der Waals surface area contributed by atoms with Gasteiger partial charge in [0.2, 0.25) is 5.78 Å². The molecule has 0 aliphatic carbocycles. The maximum Gasteiger partial charge on any atom is 0.409 e. The van der Waals surface area contributed by atoms with Crippen LogP contribution in [0.3, 0.4) is 0 Å². The number of nitrogens with zero attached hydrogens (tertiary/aromatic N) is 4. The van der Waals surface area contributed by atoms with E-state index in [1.807, 2.05) is 30.6 Å². The molecule has 5 rings (SSSR count). The summed E-state index contributed by atoms with van der Waals surface area (Å²) < 4.78 is 1.81. The van der Waals surface area contributed by atoms with Crippen molar-refractivity contribution >= 4 is 40.9 Å². The molecule has 0 spiro atoms. The van der Waals surface area contributed by atoms with E-state index in [1.54, 1.807) is 39.8 Å². The maximum absolute atomic E-state index is 12.5. The summed E-state index contributed by atoms with van der Waals surface area (Å²) >= 11 is 6.46. The van der Waals surface area contributed by atoms with E-state index in [0.717, 1.165) is 37.1 Å². The Hall–Kier alpha value is -4.11. The lowest BCUT2D eigenvalue weighted by Crippen LogP contribution is -2.32. The van der Waals surface area contributed by atoms with Crippen LogP contribution in [0.15, 0.2) is 61.1 Å². The highest BCUT2D eigenvalue weighted by atomic mass is 35.5. The summed E-state index contributed by atoms with van der Waals surface area (Å²) in [7, 11) is 0. The van der Waals surface area contributed by atoms with Crippen LogP contribution < -0.4 is 10.6 Å². The molecular formula is C24H21ClN6O3. The number of carbonyl (C=O) groups excluding carboxylic acids is 1. The van der Waals surface area contributed by atoms with E-state index in [9.17, 15) is 9.59 Å². The molecule has 0 unspecified atom stereocenters. The van der Waals surface area contributed by atoms with Crippen molar-refractivity contribution < 1.29 is 14.7 Å². The minimum Gasteiger partial charge on any atom is -0.465 e. The Kier molecular flexibility index (Phi) is 5.77. The smallest absolute Gasteiger partial charge is 0.409 e. The number of fused-ring (bicyclic) bond motifs is 1. The molecule has 0 bridgehead atoms. The lowest BCUT2D eigenvalue weighted by Gasteiger charge is -2.16. The molecule has 0 radical (unpaired) electrons. The maximum atomic E-state index is 12.5. The normalized spacial score (nSPS) is 13.3. The van der Waals surface area contributed by atoms with Crippen molar-refractivity contribution in [1.29, 1.82) is 0 Å². The van der Waals surface area contributed by atoms with Crippen LogP contribution in [0, 0.1) is 0 Å². The van der Waals surface area contributed by atoms with E-state index in [1.165, 1.54) is 0 Å². The molecule has 3 N–H and O–H groups in total. The predicted octanol–water partition coefficient (Wildman–Crippen LogP) is 5.43. The van der Waals surface area contributed by atoms with Gasteiger partial charge in [0.05, 0.1) is 10.7 Å². The number of carbonyl (C=O) groups is 2. The molecule has 1 fully saturated rings. The molecule has 0 saturated carbocycles. The number of aromatic nitrogens is 3.